The molecule has 0 saturated carbocycles. The van der Waals surface area contributed by atoms with Crippen molar-refractivity contribution in [1.29, 1.82) is 5.41 Å². The Labute approximate surface area is 158 Å². The van der Waals surface area contributed by atoms with Crippen molar-refractivity contribution < 1.29 is 4.74 Å². The molecule has 0 atom stereocenters. The molecule has 3 N–H and O–H groups in total. The van der Waals surface area contributed by atoms with E-state index < -0.39 is 0 Å². The van der Waals surface area contributed by atoms with Crippen LogP contribution >= 0.6 is 0 Å². The molecule has 1 saturated heterocycles. The van der Waals surface area contributed by atoms with Crippen LogP contribution in [0.4, 0.5) is 11.5 Å². The predicted molar refractivity (Wildman–Crippen MR) is 107 cm³/mol. The molecule has 2 aromatic heterocycles. The van der Waals surface area contributed by atoms with Crippen LogP contribution in [-0.4, -0.2) is 42.0 Å². The molecule has 6 heteroatoms. The fourth-order valence-electron chi connectivity index (χ4n) is 3.18. The Hall–Kier alpha value is -3.25. The largest absolute Gasteiger partial charge is 0.398 e. The monoisotopic (exact) mass is 359 g/mol. The summed E-state index contributed by atoms with van der Waals surface area (Å²) in [7, 11) is 0. The first-order chi connectivity index (χ1) is 13.2. The number of pyridine rings is 2. The lowest BCUT2D eigenvalue weighted by atomic mass is 9.97. The van der Waals surface area contributed by atoms with Gasteiger partial charge in [-0.2, -0.15) is 0 Å². The molecule has 6 nitrogen and oxygen atoms in total. The third kappa shape index (κ3) is 3.66. The Bertz CT molecular complexity index is 952. The highest BCUT2D eigenvalue weighted by Crippen LogP contribution is 2.26. The fourth-order valence-corrected chi connectivity index (χ4v) is 3.18. The second-order valence-electron chi connectivity index (χ2n) is 6.42. The summed E-state index contributed by atoms with van der Waals surface area (Å²) < 4.78 is 5.41. The Morgan fingerprint density at radius 3 is 2.67 bits per heavy atom. The Balaban J connectivity index is 1.66. The van der Waals surface area contributed by atoms with Crippen LogP contribution in [0, 0.1) is 5.41 Å². The molecule has 1 aromatic carbocycles. The average Bonchev–Trinajstić information content (AvgIpc) is 2.75. The normalized spacial score (nSPS) is 14.1. The Kier molecular flexibility index (Phi) is 4.80. The van der Waals surface area contributed by atoms with Gasteiger partial charge in [0.05, 0.1) is 18.9 Å². The number of ether oxygens (including phenoxy) is 1. The van der Waals surface area contributed by atoms with Crippen molar-refractivity contribution in [3.63, 3.8) is 0 Å². The van der Waals surface area contributed by atoms with E-state index in [1.54, 1.807) is 12.4 Å². The molecule has 0 spiro atoms. The summed E-state index contributed by atoms with van der Waals surface area (Å²) in [6.07, 6.45) is 5.30. The summed E-state index contributed by atoms with van der Waals surface area (Å²) in [6, 6.07) is 13.4. The number of nitrogens with two attached hydrogens (primary N) is 1. The number of anilines is 2. The molecule has 0 radical (unpaired) electrons. The van der Waals surface area contributed by atoms with E-state index in [9.17, 15) is 0 Å². The van der Waals surface area contributed by atoms with Gasteiger partial charge < -0.3 is 15.4 Å². The average molecular weight is 359 g/mol. The maximum atomic E-state index is 8.71. The lowest BCUT2D eigenvalue weighted by molar-refractivity contribution is 0.122. The Morgan fingerprint density at radius 2 is 1.89 bits per heavy atom. The van der Waals surface area contributed by atoms with Gasteiger partial charge in [-0.15, -0.1) is 0 Å². The topological polar surface area (TPSA) is 88.1 Å². The van der Waals surface area contributed by atoms with Gasteiger partial charge >= 0.3 is 0 Å². The van der Waals surface area contributed by atoms with E-state index in [1.807, 2.05) is 48.7 Å². The van der Waals surface area contributed by atoms with Gasteiger partial charge in [0.25, 0.3) is 0 Å². The molecule has 3 aromatic rings. The maximum Gasteiger partial charge on any atom is 0.129 e. The molecular weight excluding hydrogens is 338 g/mol. The number of nitrogen functional groups attached to an aromatic ring is 1. The van der Waals surface area contributed by atoms with E-state index in [0.717, 1.165) is 35.6 Å². The summed E-state index contributed by atoms with van der Waals surface area (Å²) in [6.45, 7) is 3.01. The van der Waals surface area contributed by atoms with Crippen molar-refractivity contribution in [2.45, 2.75) is 0 Å². The van der Waals surface area contributed by atoms with Crippen LogP contribution in [-0.2, 0) is 4.74 Å². The zero-order valence-electron chi connectivity index (χ0n) is 14.9. The number of morpholine rings is 1. The highest BCUT2D eigenvalue weighted by molar-refractivity contribution is 6.14. The van der Waals surface area contributed by atoms with Crippen molar-refractivity contribution in [2.24, 2.45) is 0 Å². The molecule has 0 aliphatic carbocycles. The third-order valence-electron chi connectivity index (χ3n) is 4.69. The summed E-state index contributed by atoms with van der Waals surface area (Å²) >= 11 is 0. The molecule has 136 valence electrons. The van der Waals surface area contributed by atoms with Gasteiger partial charge in [-0.1, -0.05) is 12.1 Å². The fraction of sp³-hybridized carbons (Fsp3) is 0.190. The summed E-state index contributed by atoms with van der Waals surface area (Å²) in [4.78, 5) is 10.8. The van der Waals surface area contributed by atoms with Gasteiger partial charge in [-0.25, -0.2) is 4.98 Å². The van der Waals surface area contributed by atoms with Gasteiger partial charge in [-0.3, -0.25) is 10.4 Å². The van der Waals surface area contributed by atoms with E-state index in [4.69, 9.17) is 15.9 Å². The van der Waals surface area contributed by atoms with E-state index in [1.165, 1.54) is 0 Å². The van der Waals surface area contributed by atoms with E-state index >= 15 is 0 Å². The van der Waals surface area contributed by atoms with Crippen molar-refractivity contribution >= 4 is 17.2 Å². The molecular formula is C21H21N5O. The highest BCUT2D eigenvalue weighted by Gasteiger charge is 2.15. The van der Waals surface area contributed by atoms with Crippen LogP contribution in [0.5, 0.6) is 0 Å². The van der Waals surface area contributed by atoms with Gasteiger partial charge in [0, 0.05) is 54.1 Å². The summed E-state index contributed by atoms with van der Waals surface area (Å²) in [5.41, 5.74) is 10.6. The molecule has 27 heavy (non-hydrogen) atoms. The smallest absolute Gasteiger partial charge is 0.129 e. The highest BCUT2D eigenvalue weighted by atomic mass is 16.5. The number of nitrogens with zero attached hydrogens (tertiary/aromatic N) is 3. The van der Waals surface area contributed by atoms with Crippen molar-refractivity contribution in [3.05, 3.63) is 72.2 Å². The van der Waals surface area contributed by atoms with Crippen molar-refractivity contribution in [2.75, 3.05) is 36.9 Å². The minimum atomic E-state index is 0.384. The molecule has 0 amide bonds. The number of rotatable bonds is 4. The second kappa shape index (κ2) is 7.55. The second-order valence-corrected chi connectivity index (χ2v) is 6.42. The minimum absolute atomic E-state index is 0.384. The van der Waals surface area contributed by atoms with E-state index in [-0.39, 0.29) is 0 Å². The zero-order valence-corrected chi connectivity index (χ0v) is 14.9. The molecule has 0 bridgehead atoms. The summed E-state index contributed by atoms with van der Waals surface area (Å²) in [5, 5.41) is 8.71. The van der Waals surface area contributed by atoms with Gasteiger partial charge in [-0.05, 0) is 35.9 Å². The lowest BCUT2D eigenvalue weighted by Gasteiger charge is -2.28. The number of hydrogen-bond acceptors (Lipinski definition) is 6. The van der Waals surface area contributed by atoms with Crippen LogP contribution in [0.15, 0.2) is 61.1 Å². The first-order valence-corrected chi connectivity index (χ1v) is 8.90. The van der Waals surface area contributed by atoms with Crippen molar-refractivity contribution in [1.82, 2.24) is 9.97 Å². The molecule has 0 unspecified atom stereocenters. The minimum Gasteiger partial charge on any atom is -0.398 e. The van der Waals surface area contributed by atoms with Crippen LogP contribution in [0.3, 0.4) is 0 Å². The molecule has 1 fully saturated rings. The van der Waals surface area contributed by atoms with Crippen LogP contribution in [0.25, 0.3) is 11.1 Å². The van der Waals surface area contributed by atoms with E-state index in [0.29, 0.717) is 30.2 Å². The Morgan fingerprint density at radius 1 is 1.04 bits per heavy atom. The number of aromatic nitrogens is 2. The third-order valence-corrected chi connectivity index (χ3v) is 4.69. The van der Waals surface area contributed by atoms with Crippen LogP contribution < -0.4 is 10.6 Å². The van der Waals surface area contributed by atoms with E-state index in [2.05, 4.69) is 14.9 Å². The first-order valence-electron chi connectivity index (χ1n) is 8.90. The molecule has 3 heterocycles. The van der Waals surface area contributed by atoms with Crippen molar-refractivity contribution in [3.8, 4) is 11.1 Å². The number of hydrogen-bond donors (Lipinski definition) is 2. The first kappa shape index (κ1) is 17.2. The number of benzene rings is 1. The SMILES string of the molecule is N=C(c1ccnc(N2CCOCC2)c1)c1cc(-c2cccnc2)ccc1N. The van der Waals surface area contributed by atoms with Gasteiger partial charge in [0.2, 0.25) is 0 Å². The standard InChI is InChI=1S/C21H21N5O/c22-19-4-3-15(17-2-1-6-24-14-17)12-18(19)21(23)16-5-7-25-20(13-16)26-8-10-27-11-9-26/h1-7,12-14,23H,8-11,22H2. The maximum absolute atomic E-state index is 8.71. The molecule has 4 rings (SSSR count). The lowest BCUT2D eigenvalue weighted by Crippen LogP contribution is -2.36. The van der Waals surface area contributed by atoms with Crippen LogP contribution in [0.1, 0.15) is 11.1 Å². The zero-order chi connectivity index (χ0) is 18.6. The summed E-state index contributed by atoms with van der Waals surface area (Å²) in [5.74, 6) is 0.863. The number of nitrogens with one attached hydrogen (secondary N) is 1. The molecule has 1 aliphatic heterocycles. The van der Waals surface area contributed by atoms with Gasteiger partial charge in [0.1, 0.15) is 5.82 Å². The quantitative estimate of drug-likeness (QED) is 0.552. The predicted octanol–water partition coefficient (Wildman–Crippen LogP) is 2.98. The van der Waals surface area contributed by atoms with Crippen LogP contribution in [0.2, 0.25) is 0 Å². The molecule has 1 aliphatic rings. The van der Waals surface area contributed by atoms with Gasteiger partial charge in [0.15, 0.2) is 0 Å².